The van der Waals surface area contributed by atoms with Crippen LogP contribution >= 0.6 is 22.7 Å². The third kappa shape index (κ3) is 2.75. The number of aromatic nitrogens is 3. The number of nitrogens with one attached hydrogen (secondary N) is 1. The SMILES string of the molecule is CCOC(=O)C1=C(C)Nc2nc(-c3cccs3)nn2[C@@H]1c1sccc1C. The fourth-order valence-corrected chi connectivity index (χ4v) is 4.71. The van der Waals surface area contributed by atoms with Gasteiger partial charge in [-0.1, -0.05) is 6.07 Å². The number of esters is 1. The molecule has 3 aromatic heterocycles. The van der Waals surface area contributed by atoms with Crippen LogP contribution in [0.25, 0.3) is 10.7 Å². The Balaban J connectivity index is 1.88. The standard InChI is InChI=1S/C18H18N4O2S2/c1-4-24-17(23)13-11(3)19-18-20-16(12-6-5-8-25-12)21-22(18)14(13)15-10(2)7-9-26-15/h5-9,14H,4H2,1-3H3,(H,19,20,21)/t14-/m0/s1. The van der Waals surface area contributed by atoms with E-state index in [0.29, 0.717) is 24.0 Å². The lowest BCUT2D eigenvalue weighted by Crippen LogP contribution is -2.29. The Hall–Kier alpha value is -2.45. The molecule has 1 aliphatic rings. The minimum atomic E-state index is -0.341. The highest BCUT2D eigenvalue weighted by molar-refractivity contribution is 7.13. The van der Waals surface area contributed by atoms with Gasteiger partial charge >= 0.3 is 5.97 Å². The molecule has 0 amide bonds. The van der Waals surface area contributed by atoms with Crippen molar-refractivity contribution in [2.45, 2.75) is 26.8 Å². The largest absolute Gasteiger partial charge is 0.463 e. The van der Waals surface area contributed by atoms with Crippen molar-refractivity contribution in [2.24, 2.45) is 0 Å². The van der Waals surface area contributed by atoms with Crippen LogP contribution in [0.15, 0.2) is 40.2 Å². The fraction of sp³-hybridized carbons (Fsp3) is 0.278. The molecule has 1 N–H and O–H groups in total. The molecular weight excluding hydrogens is 368 g/mol. The number of carbonyl (C=O) groups is 1. The zero-order valence-electron chi connectivity index (χ0n) is 14.6. The monoisotopic (exact) mass is 386 g/mol. The Kier molecular flexibility index (Phi) is 4.37. The fourth-order valence-electron chi connectivity index (χ4n) is 3.04. The summed E-state index contributed by atoms with van der Waals surface area (Å²) in [6.07, 6.45) is 0. The molecule has 0 radical (unpaired) electrons. The third-order valence-corrected chi connectivity index (χ3v) is 6.18. The number of aryl methyl sites for hydroxylation is 1. The molecule has 0 spiro atoms. The number of ether oxygens (including phenoxy) is 1. The molecule has 4 rings (SSSR count). The van der Waals surface area contributed by atoms with Gasteiger partial charge in [-0.05, 0) is 49.2 Å². The lowest BCUT2D eigenvalue weighted by atomic mass is 10.00. The molecule has 0 saturated carbocycles. The topological polar surface area (TPSA) is 69.0 Å². The summed E-state index contributed by atoms with van der Waals surface area (Å²) in [5.74, 6) is 0.963. The number of nitrogens with zero attached hydrogens (tertiary/aromatic N) is 3. The first-order valence-corrected chi connectivity index (χ1v) is 10.1. The molecule has 8 heteroatoms. The summed E-state index contributed by atoms with van der Waals surface area (Å²) in [6.45, 7) is 6.07. The highest BCUT2D eigenvalue weighted by atomic mass is 32.1. The number of thiophene rings is 2. The second-order valence-electron chi connectivity index (χ2n) is 5.94. The van der Waals surface area contributed by atoms with Gasteiger partial charge in [0, 0.05) is 10.6 Å². The van der Waals surface area contributed by atoms with E-state index < -0.39 is 0 Å². The maximum absolute atomic E-state index is 12.7. The molecule has 26 heavy (non-hydrogen) atoms. The summed E-state index contributed by atoms with van der Waals surface area (Å²) in [4.78, 5) is 19.4. The number of fused-ring (bicyclic) bond motifs is 1. The Morgan fingerprint density at radius 3 is 2.81 bits per heavy atom. The first kappa shape index (κ1) is 17.0. The van der Waals surface area contributed by atoms with Crippen molar-refractivity contribution in [3.05, 3.63) is 50.7 Å². The van der Waals surface area contributed by atoms with Gasteiger partial charge in [0.25, 0.3) is 0 Å². The van der Waals surface area contributed by atoms with Gasteiger partial charge in [-0.25, -0.2) is 9.48 Å². The van der Waals surface area contributed by atoms with E-state index >= 15 is 0 Å². The van der Waals surface area contributed by atoms with E-state index in [1.807, 2.05) is 43.7 Å². The van der Waals surface area contributed by atoms with Gasteiger partial charge in [0.2, 0.25) is 5.95 Å². The Morgan fingerprint density at radius 2 is 2.15 bits per heavy atom. The maximum atomic E-state index is 12.7. The van der Waals surface area contributed by atoms with Crippen LogP contribution in [0.4, 0.5) is 5.95 Å². The maximum Gasteiger partial charge on any atom is 0.338 e. The summed E-state index contributed by atoms with van der Waals surface area (Å²) in [7, 11) is 0. The van der Waals surface area contributed by atoms with Gasteiger partial charge in [0.1, 0.15) is 6.04 Å². The molecule has 134 valence electrons. The smallest absolute Gasteiger partial charge is 0.338 e. The van der Waals surface area contributed by atoms with E-state index in [1.54, 1.807) is 27.4 Å². The molecule has 0 saturated heterocycles. The first-order valence-electron chi connectivity index (χ1n) is 8.29. The van der Waals surface area contributed by atoms with Crippen molar-refractivity contribution < 1.29 is 9.53 Å². The molecule has 0 unspecified atom stereocenters. The number of hydrogen-bond acceptors (Lipinski definition) is 7. The summed E-state index contributed by atoms with van der Waals surface area (Å²) in [5, 5.41) is 12.0. The number of allylic oxidation sites excluding steroid dienone is 1. The molecule has 6 nitrogen and oxygen atoms in total. The normalized spacial score (nSPS) is 16.3. The molecule has 0 aromatic carbocycles. The van der Waals surface area contributed by atoms with Crippen LogP contribution < -0.4 is 5.32 Å². The Labute approximate surface area is 159 Å². The molecule has 4 heterocycles. The van der Waals surface area contributed by atoms with E-state index in [2.05, 4.69) is 16.4 Å². The third-order valence-electron chi connectivity index (χ3n) is 4.24. The summed E-state index contributed by atoms with van der Waals surface area (Å²) >= 11 is 3.20. The Morgan fingerprint density at radius 1 is 1.31 bits per heavy atom. The Bertz CT molecular complexity index is 985. The van der Waals surface area contributed by atoms with E-state index in [0.717, 1.165) is 21.0 Å². The van der Waals surface area contributed by atoms with Crippen molar-refractivity contribution in [3.63, 3.8) is 0 Å². The number of carbonyl (C=O) groups excluding carboxylic acids is 1. The van der Waals surface area contributed by atoms with Gasteiger partial charge in [-0.3, -0.25) is 0 Å². The number of rotatable bonds is 4. The van der Waals surface area contributed by atoms with Crippen LogP contribution in [0, 0.1) is 6.92 Å². The minimum Gasteiger partial charge on any atom is -0.463 e. The molecular formula is C18H18N4O2S2. The van der Waals surface area contributed by atoms with Crippen LogP contribution in [0.5, 0.6) is 0 Å². The van der Waals surface area contributed by atoms with Gasteiger partial charge in [-0.2, -0.15) is 4.98 Å². The van der Waals surface area contributed by atoms with Gasteiger partial charge in [-0.15, -0.1) is 27.8 Å². The van der Waals surface area contributed by atoms with Crippen LogP contribution in [-0.4, -0.2) is 27.3 Å². The van der Waals surface area contributed by atoms with Gasteiger partial charge in [0.05, 0.1) is 17.1 Å². The van der Waals surface area contributed by atoms with E-state index in [-0.39, 0.29) is 12.0 Å². The van der Waals surface area contributed by atoms with Crippen LogP contribution in [-0.2, 0) is 9.53 Å². The average molecular weight is 387 g/mol. The second-order valence-corrected chi connectivity index (χ2v) is 7.83. The zero-order valence-corrected chi connectivity index (χ0v) is 16.3. The summed E-state index contributed by atoms with van der Waals surface area (Å²) < 4.78 is 7.12. The highest BCUT2D eigenvalue weighted by Gasteiger charge is 2.36. The lowest BCUT2D eigenvalue weighted by molar-refractivity contribution is -0.139. The second kappa shape index (κ2) is 6.69. The minimum absolute atomic E-state index is 0.325. The van der Waals surface area contributed by atoms with Gasteiger partial charge in [0.15, 0.2) is 5.82 Å². The number of anilines is 1. The van der Waals surface area contributed by atoms with E-state index in [1.165, 1.54) is 0 Å². The molecule has 3 aromatic rings. The van der Waals surface area contributed by atoms with Crippen molar-refractivity contribution in [2.75, 3.05) is 11.9 Å². The molecule has 0 aliphatic carbocycles. The van der Waals surface area contributed by atoms with E-state index in [4.69, 9.17) is 9.84 Å². The van der Waals surface area contributed by atoms with Crippen molar-refractivity contribution >= 4 is 34.6 Å². The zero-order chi connectivity index (χ0) is 18.3. The highest BCUT2D eigenvalue weighted by Crippen LogP contribution is 2.40. The predicted octanol–water partition coefficient (Wildman–Crippen LogP) is 4.23. The van der Waals surface area contributed by atoms with E-state index in [9.17, 15) is 4.79 Å². The predicted molar refractivity (Wildman–Crippen MR) is 103 cm³/mol. The quantitative estimate of drug-likeness (QED) is 0.680. The first-order chi connectivity index (χ1) is 12.6. The average Bonchev–Trinajstić information content (AvgIpc) is 3.33. The summed E-state index contributed by atoms with van der Waals surface area (Å²) in [5.41, 5.74) is 2.45. The number of hydrogen-bond donors (Lipinski definition) is 1. The van der Waals surface area contributed by atoms with Gasteiger partial charge < -0.3 is 10.1 Å². The molecule has 1 aliphatic heterocycles. The van der Waals surface area contributed by atoms with Crippen LogP contribution in [0.1, 0.15) is 30.3 Å². The van der Waals surface area contributed by atoms with Crippen molar-refractivity contribution in [3.8, 4) is 10.7 Å². The summed E-state index contributed by atoms with van der Waals surface area (Å²) in [6, 6.07) is 5.68. The van der Waals surface area contributed by atoms with Crippen molar-refractivity contribution in [1.82, 2.24) is 14.8 Å². The molecule has 0 bridgehead atoms. The van der Waals surface area contributed by atoms with Crippen molar-refractivity contribution in [1.29, 1.82) is 0 Å². The van der Waals surface area contributed by atoms with Crippen LogP contribution in [0.2, 0.25) is 0 Å². The lowest BCUT2D eigenvalue weighted by Gasteiger charge is -2.27. The van der Waals surface area contributed by atoms with Crippen LogP contribution in [0.3, 0.4) is 0 Å². The molecule has 0 fully saturated rings. The molecule has 1 atom stereocenters.